The lowest BCUT2D eigenvalue weighted by atomic mass is 10.0. The lowest BCUT2D eigenvalue weighted by Gasteiger charge is -2.08. The molecule has 4 aromatic rings. The monoisotopic (exact) mass is 424 g/mol. The van der Waals surface area contributed by atoms with Crippen LogP contribution in [-0.2, 0) is 12.8 Å². The van der Waals surface area contributed by atoms with E-state index >= 15 is 0 Å². The Morgan fingerprint density at radius 3 is 2.31 bits per heavy atom. The molecular weight excluding hydrogens is 399 g/mol. The van der Waals surface area contributed by atoms with Crippen molar-refractivity contribution >= 4 is 16.8 Å². The van der Waals surface area contributed by atoms with Crippen LogP contribution in [0, 0.1) is 32.0 Å². The first-order valence-electron chi connectivity index (χ1n) is 10.6. The fraction of sp³-hybridized carbons (Fsp3) is 0.179. The van der Waals surface area contributed by atoms with Crippen LogP contribution in [0.3, 0.4) is 0 Å². The van der Waals surface area contributed by atoms with Gasteiger partial charge in [0.05, 0.1) is 5.52 Å². The molecule has 2 N–H and O–H groups in total. The zero-order chi connectivity index (χ0) is 22.7. The molecule has 1 aromatic heterocycles. The second-order valence-electron chi connectivity index (χ2n) is 8.00. The number of rotatable bonds is 6. The van der Waals surface area contributed by atoms with Gasteiger partial charge in [0.15, 0.2) is 0 Å². The Morgan fingerprint density at radius 1 is 1.00 bits per heavy atom. The van der Waals surface area contributed by atoms with Gasteiger partial charge in [-0.05, 0) is 66.3 Å². The minimum atomic E-state index is -0.255. The van der Waals surface area contributed by atoms with Crippen molar-refractivity contribution in [3.63, 3.8) is 0 Å². The second kappa shape index (κ2) is 9.11. The number of halogens is 1. The predicted octanol–water partition coefficient (Wildman–Crippen LogP) is 5.74. The molecule has 3 aromatic carbocycles. The van der Waals surface area contributed by atoms with Crippen molar-refractivity contribution in [3.05, 3.63) is 94.4 Å². The molecule has 0 aliphatic carbocycles. The maximum Gasteiger partial charge on any atom is 0.251 e. The molecule has 1 amide bonds. The highest BCUT2D eigenvalue weighted by Gasteiger charge is 2.14. The first kappa shape index (κ1) is 21.4. The van der Waals surface area contributed by atoms with Gasteiger partial charge in [0.2, 0.25) is 0 Å². The molecule has 4 heteroatoms. The summed E-state index contributed by atoms with van der Waals surface area (Å²) >= 11 is 0. The number of hydrogen-bond donors (Lipinski definition) is 2. The molecule has 3 nitrogen and oxygen atoms in total. The van der Waals surface area contributed by atoms with Crippen LogP contribution in [0.4, 0.5) is 4.39 Å². The van der Waals surface area contributed by atoms with E-state index in [9.17, 15) is 9.18 Å². The molecule has 32 heavy (non-hydrogen) atoms. The lowest BCUT2D eigenvalue weighted by molar-refractivity contribution is 0.0954. The summed E-state index contributed by atoms with van der Waals surface area (Å²) in [7, 11) is 0. The van der Waals surface area contributed by atoms with E-state index in [1.165, 1.54) is 6.07 Å². The number of benzene rings is 3. The van der Waals surface area contributed by atoms with Crippen LogP contribution in [0.15, 0.2) is 60.7 Å². The Labute approximate surface area is 187 Å². The molecule has 0 aliphatic heterocycles. The van der Waals surface area contributed by atoms with E-state index in [2.05, 4.69) is 16.2 Å². The summed E-state index contributed by atoms with van der Waals surface area (Å²) < 4.78 is 14.1. The predicted molar refractivity (Wildman–Crippen MR) is 128 cm³/mol. The van der Waals surface area contributed by atoms with Crippen molar-refractivity contribution in [3.8, 4) is 23.5 Å². The number of hydrogen-bond acceptors (Lipinski definition) is 1. The summed E-state index contributed by atoms with van der Waals surface area (Å²) in [6.07, 6.45) is 6.60. The van der Waals surface area contributed by atoms with Gasteiger partial charge in [-0.15, -0.1) is 12.3 Å². The number of carbonyl (C=O) groups excluding carboxylic acids is 1. The maximum atomic E-state index is 14.1. The van der Waals surface area contributed by atoms with Crippen LogP contribution >= 0.6 is 0 Å². The third kappa shape index (κ3) is 4.29. The Kier molecular flexibility index (Phi) is 6.09. The summed E-state index contributed by atoms with van der Waals surface area (Å²) in [6, 6.07) is 18.9. The lowest BCUT2D eigenvalue weighted by Crippen LogP contribution is -2.25. The van der Waals surface area contributed by atoms with Crippen molar-refractivity contribution in [1.82, 2.24) is 10.3 Å². The zero-order valence-corrected chi connectivity index (χ0v) is 18.3. The van der Waals surface area contributed by atoms with E-state index in [4.69, 9.17) is 6.42 Å². The maximum absolute atomic E-state index is 14.1. The first-order valence-corrected chi connectivity index (χ1v) is 10.6. The Bertz CT molecular complexity index is 1310. The first-order chi connectivity index (χ1) is 15.5. The summed E-state index contributed by atoms with van der Waals surface area (Å²) in [5.74, 6) is 2.26. The standard InChI is InChI=1S/C28H25FN2O/c1-4-5-20-7-9-21(10-8-20)22-11-13-23(14-12-22)28(32)30-17-16-24-19(3)31-27-25(29)15-6-18(2)26(24)27/h1,6-15,31H,5,16-17H2,2-3H3,(H,30,32). The molecule has 0 unspecified atom stereocenters. The van der Waals surface area contributed by atoms with Crippen LogP contribution in [0.2, 0.25) is 0 Å². The van der Waals surface area contributed by atoms with Crippen molar-refractivity contribution in [2.45, 2.75) is 26.7 Å². The average Bonchev–Trinajstić information content (AvgIpc) is 3.14. The minimum absolute atomic E-state index is 0.124. The van der Waals surface area contributed by atoms with Crippen LogP contribution in [-0.4, -0.2) is 17.4 Å². The quantitative estimate of drug-likeness (QED) is 0.381. The third-order valence-electron chi connectivity index (χ3n) is 5.83. The normalized spacial score (nSPS) is 10.8. The van der Waals surface area contributed by atoms with Gasteiger partial charge in [0.1, 0.15) is 5.82 Å². The number of H-pyrrole nitrogens is 1. The van der Waals surface area contributed by atoms with E-state index in [-0.39, 0.29) is 11.7 Å². The number of amides is 1. The van der Waals surface area contributed by atoms with Crippen LogP contribution in [0.25, 0.3) is 22.0 Å². The van der Waals surface area contributed by atoms with Gasteiger partial charge in [-0.25, -0.2) is 4.39 Å². The molecule has 4 rings (SSSR count). The zero-order valence-electron chi connectivity index (χ0n) is 18.3. The Balaban J connectivity index is 1.41. The smallest absolute Gasteiger partial charge is 0.251 e. The highest BCUT2D eigenvalue weighted by atomic mass is 19.1. The summed E-state index contributed by atoms with van der Waals surface area (Å²) in [6.45, 7) is 4.39. The molecular formula is C28H25FN2O. The molecule has 0 saturated carbocycles. The number of aryl methyl sites for hydroxylation is 2. The molecule has 0 spiro atoms. The van der Waals surface area contributed by atoms with Crippen LogP contribution < -0.4 is 5.32 Å². The van der Waals surface area contributed by atoms with Gasteiger partial charge >= 0.3 is 0 Å². The summed E-state index contributed by atoms with van der Waals surface area (Å²) in [5.41, 5.74) is 7.37. The molecule has 0 fully saturated rings. The minimum Gasteiger partial charge on any atom is -0.356 e. The fourth-order valence-electron chi connectivity index (χ4n) is 4.11. The fourth-order valence-corrected chi connectivity index (χ4v) is 4.11. The van der Waals surface area contributed by atoms with E-state index < -0.39 is 0 Å². The van der Waals surface area contributed by atoms with Gasteiger partial charge in [-0.2, -0.15) is 0 Å². The number of aromatic amines is 1. The highest BCUT2D eigenvalue weighted by molar-refractivity contribution is 5.94. The van der Waals surface area contributed by atoms with Gasteiger partial charge in [-0.1, -0.05) is 42.5 Å². The topological polar surface area (TPSA) is 44.9 Å². The van der Waals surface area contributed by atoms with Gasteiger partial charge in [-0.3, -0.25) is 4.79 Å². The van der Waals surface area contributed by atoms with Crippen molar-refractivity contribution in [1.29, 1.82) is 0 Å². The second-order valence-corrected chi connectivity index (χ2v) is 8.00. The van der Waals surface area contributed by atoms with Gasteiger partial charge < -0.3 is 10.3 Å². The SMILES string of the molecule is C#CCc1ccc(-c2ccc(C(=O)NCCc3c(C)[nH]c4c(F)ccc(C)c34)cc2)cc1. The number of fused-ring (bicyclic) bond motifs is 1. The molecule has 0 bridgehead atoms. The summed E-state index contributed by atoms with van der Waals surface area (Å²) in [5, 5.41) is 3.89. The third-order valence-corrected chi connectivity index (χ3v) is 5.83. The number of terminal acetylenes is 1. The Morgan fingerprint density at radius 2 is 1.66 bits per heavy atom. The molecule has 160 valence electrons. The van der Waals surface area contributed by atoms with Gasteiger partial charge in [0.25, 0.3) is 5.91 Å². The van der Waals surface area contributed by atoms with Crippen molar-refractivity contribution in [2.75, 3.05) is 6.54 Å². The number of aromatic nitrogens is 1. The average molecular weight is 425 g/mol. The number of nitrogens with one attached hydrogen (secondary N) is 2. The van der Waals surface area contributed by atoms with E-state index in [0.717, 1.165) is 38.9 Å². The molecule has 1 heterocycles. The highest BCUT2D eigenvalue weighted by Crippen LogP contribution is 2.28. The molecule has 0 radical (unpaired) electrons. The van der Waals surface area contributed by atoms with Crippen molar-refractivity contribution < 1.29 is 9.18 Å². The van der Waals surface area contributed by atoms with E-state index in [1.807, 2.05) is 62.4 Å². The molecule has 0 aliphatic rings. The van der Waals surface area contributed by atoms with E-state index in [1.54, 1.807) is 6.07 Å². The summed E-state index contributed by atoms with van der Waals surface area (Å²) in [4.78, 5) is 15.8. The van der Waals surface area contributed by atoms with Crippen molar-refractivity contribution in [2.24, 2.45) is 0 Å². The molecule has 0 saturated heterocycles. The van der Waals surface area contributed by atoms with E-state index in [0.29, 0.717) is 30.5 Å². The van der Waals surface area contributed by atoms with Crippen LogP contribution in [0.1, 0.15) is 32.7 Å². The largest absolute Gasteiger partial charge is 0.356 e. The molecule has 0 atom stereocenters. The van der Waals surface area contributed by atoms with Gasteiger partial charge in [0, 0.05) is 29.6 Å². The Hall–Kier alpha value is -3.84. The number of carbonyl (C=O) groups is 1. The van der Waals surface area contributed by atoms with Crippen LogP contribution in [0.5, 0.6) is 0 Å².